The maximum Gasteiger partial charge on any atom is 0.169 e. The molecule has 0 aromatic carbocycles. The SMILES string of the molecule is Cc1oc(C)c(C(=O)C2CCC(C)C(C)C2)c1C. The molecule has 3 unspecified atom stereocenters. The average Bonchev–Trinajstić information content (AvgIpc) is 2.56. The van der Waals surface area contributed by atoms with Crippen LogP contribution in [0.5, 0.6) is 0 Å². The van der Waals surface area contributed by atoms with Gasteiger partial charge < -0.3 is 4.42 Å². The Bertz CT molecular complexity index is 456. The van der Waals surface area contributed by atoms with Gasteiger partial charge in [-0.05, 0) is 51.9 Å². The van der Waals surface area contributed by atoms with E-state index >= 15 is 0 Å². The van der Waals surface area contributed by atoms with Crippen molar-refractivity contribution in [2.45, 2.75) is 53.9 Å². The van der Waals surface area contributed by atoms with Gasteiger partial charge in [0.25, 0.3) is 0 Å². The molecule has 0 spiro atoms. The Morgan fingerprint density at radius 2 is 1.72 bits per heavy atom. The van der Waals surface area contributed by atoms with Crippen LogP contribution in [0.2, 0.25) is 0 Å². The highest BCUT2D eigenvalue weighted by Crippen LogP contribution is 2.36. The lowest BCUT2D eigenvalue weighted by Gasteiger charge is -2.31. The minimum atomic E-state index is 0.200. The van der Waals surface area contributed by atoms with Crippen LogP contribution >= 0.6 is 0 Å². The second-order valence-electron chi connectivity index (χ2n) is 6.04. The standard InChI is InChI=1S/C16H24O2/c1-9-6-7-14(8-10(9)2)16(17)15-11(3)12(4)18-13(15)5/h9-10,14H,6-8H2,1-5H3. The smallest absolute Gasteiger partial charge is 0.169 e. The van der Waals surface area contributed by atoms with Gasteiger partial charge in [0.05, 0.1) is 5.56 Å². The van der Waals surface area contributed by atoms with Crippen LogP contribution in [0.1, 0.15) is 60.6 Å². The molecule has 100 valence electrons. The van der Waals surface area contributed by atoms with Crippen molar-refractivity contribution in [3.8, 4) is 0 Å². The number of rotatable bonds is 2. The quantitative estimate of drug-likeness (QED) is 0.723. The first-order valence-corrected chi connectivity index (χ1v) is 7.02. The number of furan rings is 1. The van der Waals surface area contributed by atoms with Crippen LogP contribution in [-0.2, 0) is 0 Å². The Labute approximate surface area is 110 Å². The van der Waals surface area contributed by atoms with E-state index in [0.717, 1.165) is 41.4 Å². The molecule has 2 rings (SSSR count). The van der Waals surface area contributed by atoms with Gasteiger partial charge in [0, 0.05) is 11.5 Å². The lowest BCUT2D eigenvalue weighted by Crippen LogP contribution is -2.27. The lowest BCUT2D eigenvalue weighted by atomic mass is 9.73. The molecule has 2 nitrogen and oxygen atoms in total. The van der Waals surface area contributed by atoms with Crippen LogP contribution in [0.25, 0.3) is 0 Å². The Morgan fingerprint density at radius 1 is 1.06 bits per heavy atom. The minimum absolute atomic E-state index is 0.200. The number of aryl methyl sites for hydroxylation is 2. The number of ketones is 1. The first-order chi connectivity index (χ1) is 8.41. The van der Waals surface area contributed by atoms with Crippen LogP contribution < -0.4 is 0 Å². The van der Waals surface area contributed by atoms with Crippen LogP contribution in [0.3, 0.4) is 0 Å². The molecule has 0 bridgehead atoms. The number of carbonyl (C=O) groups excluding carboxylic acids is 1. The van der Waals surface area contributed by atoms with Crippen LogP contribution in [-0.4, -0.2) is 5.78 Å². The fraction of sp³-hybridized carbons (Fsp3) is 0.688. The summed E-state index contributed by atoms with van der Waals surface area (Å²) in [5.74, 6) is 3.59. The van der Waals surface area contributed by atoms with Crippen molar-refractivity contribution in [2.75, 3.05) is 0 Å². The van der Waals surface area contributed by atoms with Crippen molar-refractivity contribution in [3.63, 3.8) is 0 Å². The summed E-state index contributed by atoms with van der Waals surface area (Å²) < 4.78 is 5.58. The van der Waals surface area contributed by atoms with Crippen LogP contribution in [0.15, 0.2) is 4.42 Å². The topological polar surface area (TPSA) is 30.2 Å². The predicted molar refractivity (Wildman–Crippen MR) is 72.9 cm³/mol. The number of carbonyl (C=O) groups is 1. The van der Waals surface area contributed by atoms with Gasteiger partial charge in [0.2, 0.25) is 0 Å². The molecule has 3 atom stereocenters. The molecular formula is C16H24O2. The molecule has 18 heavy (non-hydrogen) atoms. The normalized spacial score (nSPS) is 28.4. The van der Waals surface area contributed by atoms with Crippen molar-refractivity contribution in [2.24, 2.45) is 17.8 Å². The van der Waals surface area contributed by atoms with Gasteiger partial charge in [0.1, 0.15) is 11.5 Å². The maximum absolute atomic E-state index is 12.6. The summed E-state index contributed by atoms with van der Waals surface area (Å²) in [4.78, 5) is 12.6. The summed E-state index contributed by atoms with van der Waals surface area (Å²) >= 11 is 0. The summed E-state index contributed by atoms with van der Waals surface area (Å²) in [6.07, 6.45) is 3.24. The highest BCUT2D eigenvalue weighted by molar-refractivity contribution is 6.00. The molecule has 0 aliphatic heterocycles. The van der Waals surface area contributed by atoms with E-state index in [0.29, 0.717) is 11.7 Å². The Kier molecular flexibility index (Phi) is 3.65. The minimum Gasteiger partial charge on any atom is -0.466 e. The van der Waals surface area contributed by atoms with E-state index < -0.39 is 0 Å². The summed E-state index contributed by atoms with van der Waals surface area (Å²) in [5, 5.41) is 0. The van der Waals surface area contributed by atoms with Gasteiger partial charge in [-0.3, -0.25) is 4.79 Å². The van der Waals surface area contributed by atoms with E-state index in [1.807, 2.05) is 20.8 Å². The lowest BCUT2D eigenvalue weighted by molar-refractivity contribution is 0.0835. The molecule has 1 aliphatic carbocycles. The van der Waals surface area contributed by atoms with Crippen molar-refractivity contribution < 1.29 is 9.21 Å². The van der Waals surface area contributed by atoms with Crippen molar-refractivity contribution in [3.05, 3.63) is 22.6 Å². The molecule has 1 aromatic rings. The number of hydrogen-bond acceptors (Lipinski definition) is 2. The van der Waals surface area contributed by atoms with Crippen molar-refractivity contribution >= 4 is 5.78 Å². The van der Waals surface area contributed by atoms with Gasteiger partial charge >= 0.3 is 0 Å². The first-order valence-electron chi connectivity index (χ1n) is 7.02. The molecule has 0 N–H and O–H groups in total. The van der Waals surface area contributed by atoms with E-state index in [2.05, 4.69) is 13.8 Å². The summed E-state index contributed by atoms with van der Waals surface area (Å²) in [6.45, 7) is 10.4. The second-order valence-corrected chi connectivity index (χ2v) is 6.04. The van der Waals surface area contributed by atoms with E-state index in [9.17, 15) is 4.79 Å². The molecule has 0 saturated heterocycles. The zero-order chi connectivity index (χ0) is 13.4. The number of hydrogen-bond donors (Lipinski definition) is 0. The molecule has 0 amide bonds. The molecule has 1 fully saturated rings. The molecule has 2 heteroatoms. The first kappa shape index (κ1) is 13.4. The zero-order valence-corrected chi connectivity index (χ0v) is 12.2. The van der Waals surface area contributed by atoms with Crippen molar-refractivity contribution in [1.82, 2.24) is 0 Å². The van der Waals surface area contributed by atoms with Gasteiger partial charge in [0.15, 0.2) is 5.78 Å². The largest absolute Gasteiger partial charge is 0.466 e. The summed E-state index contributed by atoms with van der Waals surface area (Å²) in [7, 11) is 0. The molecule has 1 aliphatic rings. The van der Waals surface area contributed by atoms with Gasteiger partial charge in [-0.2, -0.15) is 0 Å². The molecular weight excluding hydrogens is 224 g/mol. The van der Waals surface area contributed by atoms with Crippen LogP contribution in [0.4, 0.5) is 0 Å². The third-order valence-corrected chi connectivity index (χ3v) is 4.78. The van der Waals surface area contributed by atoms with Crippen LogP contribution in [0, 0.1) is 38.5 Å². The van der Waals surface area contributed by atoms with E-state index in [1.54, 1.807) is 0 Å². The molecule has 0 radical (unpaired) electrons. The molecule has 1 aromatic heterocycles. The molecule has 1 saturated carbocycles. The third kappa shape index (κ3) is 2.25. The van der Waals surface area contributed by atoms with E-state index in [4.69, 9.17) is 4.42 Å². The van der Waals surface area contributed by atoms with E-state index in [-0.39, 0.29) is 5.92 Å². The fourth-order valence-corrected chi connectivity index (χ4v) is 3.15. The Morgan fingerprint density at radius 3 is 2.22 bits per heavy atom. The van der Waals surface area contributed by atoms with Gasteiger partial charge in [-0.1, -0.05) is 13.8 Å². The highest BCUT2D eigenvalue weighted by atomic mass is 16.3. The van der Waals surface area contributed by atoms with E-state index in [1.165, 1.54) is 6.42 Å². The third-order valence-electron chi connectivity index (χ3n) is 4.78. The van der Waals surface area contributed by atoms with Gasteiger partial charge in [-0.25, -0.2) is 0 Å². The zero-order valence-electron chi connectivity index (χ0n) is 12.2. The highest BCUT2D eigenvalue weighted by Gasteiger charge is 2.32. The summed E-state index contributed by atoms with van der Waals surface area (Å²) in [5.41, 5.74) is 1.88. The predicted octanol–water partition coefficient (Wildman–Crippen LogP) is 4.46. The monoisotopic (exact) mass is 248 g/mol. The second kappa shape index (κ2) is 4.91. The Balaban J connectivity index is 2.21. The van der Waals surface area contributed by atoms with Crippen molar-refractivity contribution in [1.29, 1.82) is 0 Å². The Hall–Kier alpha value is -1.05. The molecule has 1 heterocycles. The number of Topliss-reactive ketones (excluding diaryl/α,β-unsaturated/α-hetero) is 1. The average molecular weight is 248 g/mol. The van der Waals surface area contributed by atoms with Gasteiger partial charge in [-0.15, -0.1) is 0 Å². The maximum atomic E-state index is 12.6. The fourth-order valence-electron chi connectivity index (χ4n) is 3.15. The summed E-state index contributed by atoms with van der Waals surface area (Å²) in [6, 6.07) is 0.